The fourth-order valence-electron chi connectivity index (χ4n) is 11.9. The minimum Gasteiger partial charge on any atom is -0.508 e. The van der Waals surface area contributed by atoms with E-state index in [2.05, 4.69) is 74.1 Å². The van der Waals surface area contributed by atoms with Crippen molar-refractivity contribution in [3.63, 3.8) is 0 Å². The second-order valence-electron chi connectivity index (χ2n) is 27.3. The van der Waals surface area contributed by atoms with Gasteiger partial charge in [-0.2, -0.15) is 0 Å². The monoisotopic (exact) mass is 1560 g/mol. The second kappa shape index (κ2) is 43.3. The molecule has 36 heteroatoms. The Bertz CT molecular complexity index is 3990. The number of aromatic nitrogens is 1. The van der Waals surface area contributed by atoms with Gasteiger partial charge in [0.1, 0.15) is 72.2 Å². The van der Waals surface area contributed by atoms with Crippen LogP contribution in [0, 0.1) is 0 Å². The van der Waals surface area contributed by atoms with Crippen LogP contribution in [0.1, 0.15) is 94.0 Å². The van der Waals surface area contributed by atoms with Gasteiger partial charge in [0.2, 0.25) is 70.9 Å². The molecule has 0 spiro atoms. The van der Waals surface area contributed by atoms with Gasteiger partial charge in [0.25, 0.3) is 0 Å². The number of nitrogens with two attached hydrogens (primary N) is 2. The van der Waals surface area contributed by atoms with Crippen LogP contribution in [-0.2, 0) is 94.6 Å². The van der Waals surface area contributed by atoms with Gasteiger partial charge in [0.15, 0.2) is 0 Å². The molecule has 14 atom stereocenters. The lowest BCUT2D eigenvalue weighted by Gasteiger charge is -2.29. The van der Waals surface area contributed by atoms with Crippen LogP contribution < -0.4 is 80.6 Å². The van der Waals surface area contributed by atoms with Crippen molar-refractivity contribution in [3.05, 3.63) is 137 Å². The van der Waals surface area contributed by atoms with Gasteiger partial charge in [-0.15, -0.1) is 0 Å². The molecule has 2 saturated heterocycles. The largest absolute Gasteiger partial charge is 0.508 e. The van der Waals surface area contributed by atoms with E-state index in [0.717, 1.165) is 41.0 Å². The highest BCUT2D eigenvalue weighted by Gasteiger charge is 2.40. The van der Waals surface area contributed by atoms with Gasteiger partial charge in [-0.25, -0.2) is 4.79 Å². The first kappa shape index (κ1) is 87.0. The number of amides is 12. The molecule has 0 aliphatic carbocycles. The van der Waals surface area contributed by atoms with Gasteiger partial charge < -0.3 is 111 Å². The molecule has 0 unspecified atom stereocenters. The number of aromatic hydroxyl groups is 1. The van der Waals surface area contributed by atoms with Crippen LogP contribution in [0.25, 0.3) is 10.9 Å². The maximum atomic E-state index is 15.4. The molecule has 7 rings (SSSR count). The van der Waals surface area contributed by atoms with E-state index in [1.165, 1.54) is 24.3 Å². The number of carboxylic acids is 1. The van der Waals surface area contributed by atoms with Crippen molar-refractivity contribution < 1.29 is 87.9 Å². The molecule has 34 nitrogen and oxygen atoms in total. The number of fused-ring (bicyclic) bond motifs is 8. The number of phenols is 1. The van der Waals surface area contributed by atoms with E-state index < -0.39 is 200 Å². The Hall–Kier alpha value is -10.2. The highest BCUT2D eigenvalue weighted by atomic mass is 33.1. The van der Waals surface area contributed by atoms with E-state index in [-0.39, 0.29) is 62.6 Å². The molecule has 4 aromatic carbocycles. The number of benzene rings is 4. The number of rotatable bonds is 21. The summed E-state index contributed by atoms with van der Waals surface area (Å²) in [5.41, 5.74) is 15.8. The van der Waals surface area contributed by atoms with E-state index in [4.69, 9.17) is 11.5 Å². The highest BCUT2D eigenvalue weighted by molar-refractivity contribution is 8.76. The third-order valence-corrected chi connectivity index (χ3v) is 20.6. The topological polar surface area (TPSA) is 547 Å². The van der Waals surface area contributed by atoms with Crippen LogP contribution in [0.2, 0.25) is 0 Å². The summed E-state index contributed by atoms with van der Waals surface area (Å²) >= 11 is 0. The minimum absolute atomic E-state index is 0.0594. The molecule has 2 bridgehead atoms. The van der Waals surface area contributed by atoms with Crippen molar-refractivity contribution in [1.82, 2.24) is 74.1 Å². The number of aliphatic hydroxyl groups is 3. The summed E-state index contributed by atoms with van der Waals surface area (Å²) in [6.45, 7) is 5.08. The van der Waals surface area contributed by atoms with Crippen LogP contribution in [0.4, 0.5) is 0 Å². The van der Waals surface area contributed by atoms with Crippen molar-refractivity contribution >= 4 is 109 Å². The summed E-state index contributed by atoms with van der Waals surface area (Å²) in [7, 11) is 1.62. The van der Waals surface area contributed by atoms with E-state index in [9.17, 15) is 63.9 Å². The fraction of sp³-hybridized carbons (Fsp3) is 0.473. The number of aromatic amines is 1. The summed E-state index contributed by atoms with van der Waals surface area (Å²) in [6.07, 6.45) is -4.16. The summed E-state index contributed by atoms with van der Waals surface area (Å²) in [6, 6.07) is 7.76. The van der Waals surface area contributed by atoms with E-state index in [0.29, 0.717) is 46.1 Å². The van der Waals surface area contributed by atoms with Gasteiger partial charge in [-0.3, -0.25) is 57.5 Å². The molecule has 0 radical (unpaired) electrons. The molecular weight excluding hydrogens is 1470 g/mol. The van der Waals surface area contributed by atoms with Crippen molar-refractivity contribution in [2.45, 2.75) is 189 Å². The zero-order valence-corrected chi connectivity index (χ0v) is 63.0. The van der Waals surface area contributed by atoms with Gasteiger partial charge in [-0.05, 0) is 105 Å². The Kier molecular flexibility index (Phi) is 34.2. The third kappa shape index (κ3) is 27.1. The average Bonchev–Trinajstić information content (AvgIpc) is 1.63. The lowest BCUT2D eigenvalue weighted by Crippen LogP contribution is -2.63. The number of aliphatic carboxylic acids is 1. The Morgan fingerprint density at radius 2 is 1.05 bits per heavy atom. The molecule has 12 amide bonds. The Morgan fingerprint density at radius 1 is 0.545 bits per heavy atom. The van der Waals surface area contributed by atoms with Crippen molar-refractivity contribution in [1.29, 1.82) is 0 Å². The number of carbonyl (C=O) groups is 13. The molecule has 23 N–H and O–H groups in total. The second-order valence-corrected chi connectivity index (χ2v) is 29.9. The lowest BCUT2D eigenvalue weighted by molar-refractivity contribution is -0.142. The smallest absolute Gasteiger partial charge is 0.327 e. The van der Waals surface area contributed by atoms with Crippen molar-refractivity contribution in [3.8, 4) is 5.75 Å². The quantitative estimate of drug-likeness (QED) is 0.0257. The number of unbranched alkanes of at least 4 members (excludes halogenated alkanes) is 1. The SMILES string of the molecule is CC(C)NCc1ccc(C[C@@H]2NC(=O)[C@@H](Cc3c[nH]c4ccccc34)NC(=O)[C@H]3CCC(=O)NCC[C@@H](NC(=O)[C@@H]([C@@H](C)O)NC2=O)C(=O)N[C@@H]([C@@H](C)O)C(=O)N[C@@H](CO)C(=O)N[C@H](C(=O)O)CSSC[C@H](NC(=O)[C@@H](N)Cc2ccc(O)cc2)C(=O)N[C@@H](CCCCN)C(=O)N[C@@H](Cc2ccccc2)C(=O)N3)cc1. The highest BCUT2D eigenvalue weighted by Crippen LogP contribution is 2.25. The predicted octanol–water partition coefficient (Wildman–Crippen LogP) is -3.04. The molecule has 0 saturated carbocycles. The number of nitrogens with one attached hydrogen (secondary N) is 14. The van der Waals surface area contributed by atoms with E-state index in [1.54, 1.807) is 85.1 Å². The van der Waals surface area contributed by atoms with Gasteiger partial charge in [-0.1, -0.05) is 120 Å². The number of carbonyl (C=O) groups excluding carboxylic acids is 12. The lowest BCUT2D eigenvalue weighted by atomic mass is 10.00. The zero-order chi connectivity index (χ0) is 80.1. The number of hydrogen-bond donors (Lipinski definition) is 21. The molecule has 110 heavy (non-hydrogen) atoms. The number of para-hydroxylation sites is 1. The first-order chi connectivity index (χ1) is 52.5. The van der Waals surface area contributed by atoms with Crippen molar-refractivity contribution in [2.24, 2.45) is 11.5 Å². The standard InChI is InChI=1S/C74H100N16O18S2/c1-39(2)78-34-45-19-17-44(18-20-45)32-55-69(102)90-61(40(3)92)72(105)82-53-27-29-77-60(95)26-25-52(65(98)85-56(68(101)84-55)33-46-35-79-50-15-9-8-14-48(46)50)81-67(100)54(31-42-12-6-5-7-13-42)83-64(97)51(16-10-11-28-75)80-71(104)58(87-63(96)49(76)30-43-21-23-47(94)24-22-43)37-109-110-38-59(74(107)108)88-70(103)57(36-91)86-73(106)62(41(4)93)89-66(53)99/h5-9,12-15,17-24,35,39-41,49,51-59,61-62,78-79,91-94H,10-11,16,25-34,36-38,75-76H2,1-4H3,(H,77,95)(H,80,104)(H,81,100)(H,82,105)(H,83,97)(H,84,101)(H,85,98)(H,86,106)(H,87,96)(H,88,103)(H,89,99)(H,90,102)(H,107,108)/t40-,41-,49+,51+,52-,53-,54+,55+,56-,57+,58+,59+,61-,62+/m1/s1. The van der Waals surface area contributed by atoms with Gasteiger partial charge in [0.05, 0.1) is 24.9 Å². The minimum atomic E-state index is -2.03. The molecule has 2 fully saturated rings. The summed E-state index contributed by atoms with van der Waals surface area (Å²) in [5.74, 6) is -15.3. The normalized spacial score (nSPS) is 24.3. The molecule has 2 aliphatic rings. The molecule has 5 aromatic rings. The number of hydrogen-bond acceptors (Lipinski definition) is 22. The van der Waals surface area contributed by atoms with E-state index >= 15 is 24.0 Å². The number of H-pyrrole nitrogens is 1. The van der Waals surface area contributed by atoms with Gasteiger partial charge >= 0.3 is 5.97 Å². The van der Waals surface area contributed by atoms with Crippen LogP contribution in [0.5, 0.6) is 5.75 Å². The van der Waals surface area contributed by atoms with Crippen LogP contribution >= 0.6 is 21.6 Å². The maximum Gasteiger partial charge on any atom is 0.327 e. The summed E-state index contributed by atoms with van der Waals surface area (Å²) < 4.78 is 0. The first-order valence-electron chi connectivity index (χ1n) is 36.2. The average molecular weight is 1570 g/mol. The maximum absolute atomic E-state index is 15.4. The molecule has 596 valence electrons. The Morgan fingerprint density at radius 3 is 1.69 bits per heavy atom. The summed E-state index contributed by atoms with van der Waals surface area (Å²) in [5, 5.41) is 87.5. The van der Waals surface area contributed by atoms with Crippen molar-refractivity contribution in [2.75, 3.05) is 31.2 Å². The van der Waals surface area contributed by atoms with Crippen LogP contribution in [0.3, 0.4) is 0 Å². The van der Waals surface area contributed by atoms with Gasteiger partial charge in [0, 0.05) is 73.4 Å². The van der Waals surface area contributed by atoms with E-state index in [1.807, 2.05) is 13.8 Å². The summed E-state index contributed by atoms with van der Waals surface area (Å²) in [4.78, 5) is 192. The predicted molar refractivity (Wildman–Crippen MR) is 408 cm³/mol. The molecule has 1 aromatic heterocycles. The Labute approximate surface area is 643 Å². The number of carboxylic acid groups (broad SMARTS) is 1. The van der Waals surface area contributed by atoms with Crippen LogP contribution in [-0.4, -0.2) is 229 Å². The number of aliphatic hydroxyl groups excluding tert-OH is 3. The number of phenolic OH excluding ortho intramolecular Hbond substituents is 1. The first-order valence-corrected chi connectivity index (χ1v) is 38.7. The fourth-order valence-corrected chi connectivity index (χ4v) is 14.2. The van der Waals surface area contributed by atoms with Crippen LogP contribution in [0.15, 0.2) is 109 Å². The zero-order valence-electron chi connectivity index (χ0n) is 61.4. The Balaban J connectivity index is 1.35. The third-order valence-electron chi connectivity index (χ3n) is 18.2. The molecular formula is C74H100N16O18S2. The molecule has 3 heterocycles. The molecule has 2 aliphatic heterocycles.